The molecular weight excluding hydrogens is 276 g/mol. The van der Waals surface area contributed by atoms with Gasteiger partial charge in [0.05, 0.1) is 6.04 Å². The van der Waals surface area contributed by atoms with Crippen molar-refractivity contribution in [3.63, 3.8) is 0 Å². The minimum Gasteiger partial charge on any atom is -0.488 e. The molecule has 4 heteroatoms. The molecule has 1 amide bonds. The zero-order valence-corrected chi connectivity index (χ0v) is 14.7. The van der Waals surface area contributed by atoms with Crippen LogP contribution in [0.15, 0.2) is 18.2 Å². The van der Waals surface area contributed by atoms with Crippen LogP contribution < -0.4 is 15.8 Å². The molecule has 0 unspecified atom stereocenters. The van der Waals surface area contributed by atoms with Crippen molar-refractivity contribution < 1.29 is 9.53 Å². The highest BCUT2D eigenvalue weighted by molar-refractivity contribution is 5.81. The molecule has 1 atom stereocenters. The number of amides is 1. The molecule has 1 rings (SSSR count). The Morgan fingerprint density at radius 3 is 2.50 bits per heavy atom. The van der Waals surface area contributed by atoms with Gasteiger partial charge in [0.2, 0.25) is 5.91 Å². The monoisotopic (exact) mass is 306 g/mol. The summed E-state index contributed by atoms with van der Waals surface area (Å²) in [6, 6.07) is 5.55. The van der Waals surface area contributed by atoms with Crippen LogP contribution in [-0.2, 0) is 11.3 Å². The van der Waals surface area contributed by atoms with Crippen molar-refractivity contribution in [3.05, 3.63) is 29.3 Å². The average Bonchev–Trinajstić information content (AvgIpc) is 2.34. The lowest BCUT2D eigenvalue weighted by Gasteiger charge is -2.24. The maximum atomic E-state index is 12.0. The Kier molecular flexibility index (Phi) is 6.42. The number of aryl methyl sites for hydroxylation is 1. The van der Waals surface area contributed by atoms with E-state index < -0.39 is 6.04 Å². The summed E-state index contributed by atoms with van der Waals surface area (Å²) in [6.07, 6.45) is 0.686. The molecule has 0 fully saturated rings. The summed E-state index contributed by atoms with van der Waals surface area (Å²) >= 11 is 0. The first-order valence-electron chi connectivity index (χ1n) is 7.90. The minimum atomic E-state index is -0.461. The Bertz CT molecular complexity index is 504. The van der Waals surface area contributed by atoms with Crippen LogP contribution in [0, 0.1) is 12.8 Å². The summed E-state index contributed by atoms with van der Waals surface area (Å²) in [4.78, 5) is 12.0. The van der Waals surface area contributed by atoms with Crippen molar-refractivity contribution in [2.24, 2.45) is 11.7 Å². The van der Waals surface area contributed by atoms with E-state index in [1.54, 1.807) is 0 Å². The topological polar surface area (TPSA) is 64.4 Å². The molecule has 0 aliphatic rings. The van der Waals surface area contributed by atoms with Crippen molar-refractivity contribution in [2.75, 3.05) is 0 Å². The molecule has 0 saturated heterocycles. The van der Waals surface area contributed by atoms with Gasteiger partial charge in [0.25, 0.3) is 0 Å². The third-order valence-electron chi connectivity index (χ3n) is 3.15. The van der Waals surface area contributed by atoms with E-state index >= 15 is 0 Å². The molecule has 0 bridgehead atoms. The molecule has 0 spiro atoms. The zero-order valence-electron chi connectivity index (χ0n) is 14.7. The van der Waals surface area contributed by atoms with E-state index in [0.29, 0.717) is 18.9 Å². The SMILES string of the molecule is Cc1ccc(CNC(=O)[C@@H](N)CC(C)C)c(OC(C)(C)C)c1. The van der Waals surface area contributed by atoms with Crippen LogP contribution in [0.4, 0.5) is 0 Å². The number of carbonyl (C=O) groups is 1. The standard InChI is InChI=1S/C18H30N2O2/c1-12(2)9-15(19)17(21)20-11-14-8-7-13(3)10-16(14)22-18(4,5)6/h7-8,10,12,15H,9,11,19H2,1-6H3,(H,20,21)/t15-/m0/s1. The molecule has 0 heterocycles. The molecule has 124 valence electrons. The highest BCUT2D eigenvalue weighted by Gasteiger charge is 2.17. The van der Waals surface area contributed by atoms with Gasteiger partial charge in [-0.1, -0.05) is 26.0 Å². The predicted octanol–water partition coefficient (Wildman–Crippen LogP) is 3.16. The second-order valence-corrected chi connectivity index (χ2v) is 7.28. The Hall–Kier alpha value is -1.55. The Balaban J connectivity index is 2.75. The van der Waals surface area contributed by atoms with Gasteiger partial charge in [-0.2, -0.15) is 0 Å². The number of nitrogens with one attached hydrogen (secondary N) is 1. The summed E-state index contributed by atoms with van der Waals surface area (Å²) in [5.41, 5.74) is 7.72. The second kappa shape index (κ2) is 7.63. The van der Waals surface area contributed by atoms with Crippen LogP contribution in [0.3, 0.4) is 0 Å². The zero-order chi connectivity index (χ0) is 16.9. The van der Waals surface area contributed by atoms with E-state index in [1.807, 2.05) is 45.9 Å². The van der Waals surface area contributed by atoms with Crippen molar-refractivity contribution in [2.45, 2.75) is 66.2 Å². The van der Waals surface area contributed by atoms with Crippen LogP contribution in [0.5, 0.6) is 5.75 Å². The first-order valence-corrected chi connectivity index (χ1v) is 7.90. The van der Waals surface area contributed by atoms with E-state index in [1.165, 1.54) is 0 Å². The third-order valence-corrected chi connectivity index (χ3v) is 3.15. The van der Waals surface area contributed by atoms with E-state index in [0.717, 1.165) is 16.9 Å². The summed E-state index contributed by atoms with van der Waals surface area (Å²) < 4.78 is 5.99. The normalized spacial score (nSPS) is 13.1. The lowest BCUT2D eigenvalue weighted by molar-refractivity contribution is -0.122. The molecule has 3 N–H and O–H groups in total. The van der Waals surface area contributed by atoms with Crippen LogP contribution in [0.2, 0.25) is 0 Å². The van der Waals surface area contributed by atoms with Crippen LogP contribution in [0.25, 0.3) is 0 Å². The predicted molar refractivity (Wildman–Crippen MR) is 90.8 cm³/mol. The number of ether oxygens (including phenoxy) is 1. The lowest BCUT2D eigenvalue weighted by atomic mass is 10.0. The Morgan fingerprint density at radius 1 is 1.32 bits per heavy atom. The van der Waals surface area contributed by atoms with Crippen molar-refractivity contribution >= 4 is 5.91 Å². The highest BCUT2D eigenvalue weighted by atomic mass is 16.5. The van der Waals surface area contributed by atoms with Crippen LogP contribution in [0.1, 0.15) is 52.2 Å². The van der Waals surface area contributed by atoms with Gasteiger partial charge in [0.15, 0.2) is 0 Å². The fourth-order valence-electron chi connectivity index (χ4n) is 2.16. The van der Waals surface area contributed by atoms with Crippen LogP contribution in [-0.4, -0.2) is 17.6 Å². The van der Waals surface area contributed by atoms with Gasteiger partial charge < -0.3 is 15.8 Å². The first-order chi connectivity index (χ1) is 10.1. The van der Waals surface area contributed by atoms with Gasteiger partial charge in [-0.3, -0.25) is 4.79 Å². The van der Waals surface area contributed by atoms with Crippen LogP contribution >= 0.6 is 0 Å². The molecule has 0 saturated carbocycles. The minimum absolute atomic E-state index is 0.115. The van der Waals surface area contributed by atoms with Gasteiger partial charge in [-0.25, -0.2) is 0 Å². The van der Waals surface area contributed by atoms with Gasteiger partial charge in [-0.15, -0.1) is 0 Å². The van der Waals surface area contributed by atoms with Crippen molar-refractivity contribution in [3.8, 4) is 5.75 Å². The maximum absolute atomic E-state index is 12.0. The number of benzene rings is 1. The second-order valence-electron chi connectivity index (χ2n) is 7.28. The van der Waals surface area contributed by atoms with Gasteiger partial charge in [0.1, 0.15) is 11.4 Å². The number of hydrogen-bond donors (Lipinski definition) is 2. The quantitative estimate of drug-likeness (QED) is 0.848. The summed E-state index contributed by atoms with van der Waals surface area (Å²) in [6.45, 7) is 12.6. The molecular formula is C18H30N2O2. The van der Waals surface area contributed by atoms with E-state index in [2.05, 4.69) is 19.2 Å². The number of carbonyl (C=O) groups excluding carboxylic acids is 1. The summed E-state index contributed by atoms with van der Waals surface area (Å²) in [5, 5.41) is 2.91. The molecule has 0 aromatic heterocycles. The largest absolute Gasteiger partial charge is 0.488 e. The smallest absolute Gasteiger partial charge is 0.237 e. The van der Waals surface area contributed by atoms with Gasteiger partial charge in [0, 0.05) is 12.1 Å². The molecule has 0 radical (unpaired) electrons. The van der Waals surface area contributed by atoms with Gasteiger partial charge >= 0.3 is 0 Å². The molecule has 0 aliphatic heterocycles. The van der Waals surface area contributed by atoms with E-state index in [4.69, 9.17) is 10.5 Å². The maximum Gasteiger partial charge on any atom is 0.237 e. The number of nitrogens with two attached hydrogens (primary N) is 1. The Morgan fingerprint density at radius 2 is 1.95 bits per heavy atom. The van der Waals surface area contributed by atoms with Crippen molar-refractivity contribution in [1.82, 2.24) is 5.32 Å². The average molecular weight is 306 g/mol. The molecule has 0 aliphatic carbocycles. The molecule has 1 aromatic carbocycles. The fraction of sp³-hybridized carbons (Fsp3) is 0.611. The highest BCUT2D eigenvalue weighted by Crippen LogP contribution is 2.24. The number of hydrogen-bond acceptors (Lipinski definition) is 3. The number of rotatable bonds is 6. The first kappa shape index (κ1) is 18.5. The van der Waals surface area contributed by atoms with Crippen molar-refractivity contribution in [1.29, 1.82) is 0 Å². The van der Waals surface area contributed by atoms with Gasteiger partial charge in [-0.05, 0) is 51.7 Å². The third kappa shape index (κ3) is 6.48. The van der Waals surface area contributed by atoms with E-state index in [9.17, 15) is 4.79 Å². The van der Waals surface area contributed by atoms with E-state index in [-0.39, 0.29) is 11.5 Å². The molecule has 22 heavy (non-hydrogen) atoms. The fourth-order valence-corrected chi connectivity index (χ4v) is 2.16. The molecule has 1 aromatic rings. The summed E-state index contributed by atoms with van der Waals surface area (Å²) in [7, 11) is 0. The lowest BCUT2D eigenvalue weighted by Crippen LogP contribution is -2.41. The summed E-state index contributed by atoms with van der Waals surface area (Å²) in [5.74, 6) is 1.10. The Labute approximate surface area is 134 Å². The molecule has 4 nitrogen and oxygen atoms in total.